The van der Waals surface area contributed by atoms with Gasteiger partial charge in [-0.1, -0.05) is 222 Å². The van der Waals surface area contributed by atoms with Crippen molar-refractivity contribution in [3.8, 4) is 66.8 Å². The van der Waals surface area contributed by atoms with Crippen molar-refractivity contribution in [1.82, 2.24) is 0 Å². The predicted molar refractivity (Wildman–Crippen MR) is 251 cm³/mol. The highest BCUT2D eigenvalue weighted by atomic mass is 14.3. The van der Waals surface area contributed by atoms with E-state index < -0.39 is 0 Å². The van der Waals surface area contributed by atoms with Crippen molar-refractivity contribution in [2.24, 2.45) is 0 Å². The van der Waals surface area contributed by atoms with Crippen LogP contribution in [-0.2, 0) is 0 Å². The molecule has 0 aliphatic carbocycles. The molecule has 278 valence electrons. The maximum absolute atomic E-state index is 2.44. The zero-order valence-corrected chi connectivity index (χ0v) is 33.6. The Labute approximate surface area is 342 Å². The van der Waals surface area contributed by atoms with Gasteiger partial charge >= 0.3 is 0 Å². The fourth-order valence-electron chi connectivity index (χ4n) is 9.70. The summed E-state index contributed by atoms with van der Waals surface area (Å²) in [6, 6.07) is 71.9. The lowest BCUT2D eigenvalue weighted by Crippen LogP contribution is -2.03. The standard InChI is InChI=1S/C58H46/c1-37(2)51-47-33-35-50-54(44-23-15-8-16-24-44)56(46-31-27-42(28-32-46)40-19-11-6-12-20-40)52(38(3)4)48-34-36-49(57(47)58(48)50)53(43-21-13-7-14-22-43)55(51)45-29-25-41(26-30-45)39-17-9-5-10-18-39/h5-38H,1-4H3. The third-order valence-corrected chi connectivity index (χ3v) is 12.2. The van der Waals surface area contributed by atoms with Crippen molar-refractivity contribution in [2.75, 3.05) is 0 Å². The summed E-state index contributed by atoms with van der Waals surface area (Å²) in [4.78, 5) is 0. The first-order valence-corrected chi connectivity index (χ1v) is 20.7. The molecule has 0 atom stereocenters. The van der Waals surface area contributed by atoms with Gasteiger partial charge in [0.15, 0.2) is 0 Å². The topological polar surface area (TPSA) is 0 Å². The Kier molecular flexibility index (Phi) is 8.99. The molecule has 0 bridgehead atoms. The molecule has 0 radical (unpaired) electrons. The Morgan fingerprint density at radius 1 is 0.224 bits per heavy atom. The molecule has 0 aromatic heterocycles. The van der Waals surface area contributed by atoms with Crippen LogP contribution in [0.25, 0.3) is 99.1 Å². The summed E-state index contributed by atoms with van der Waals surface area (Å²) < 4.78 is 0. The van der Waals surface area contributed by atoms with Gasteiger partial charge < -0.3 is 0 Å². The minimum atomic E-state index is 0.285. The van der Waals surface area contributed by atoms with Crippen molar-refractivity contribution in [3.63, 3.8) is 0 Å². The lowest BCUT2D eigenvalue weighted by Gasteiger charge is -2.28. The van der Waals surface area contributed by atoms with Crippen LogP contribution in [0.1, 0.15) is 50.7 Å². The molecule has 0 spiro atoms. The lowest BCUT2D eigenvalue weighted by molar-refractivity contribution is 0.878. The van der Waals surface area contributed by atoms with Crippen molar-refractivity contribution < 1.29 is 0 Å². The largest absolute Gasteiger partial charge is 0.0622 e. The summed E-state index contributed by atoms with van der Waals surface area (Å²) >= 11 is 0. The van der Waals surface area contributed by atoms with E-state index >= 15 is 0 Å². The summed E-state index contributed by atoms with van der Waals surface area (Å²) in [5, 5.41) is 8.04. The average molecular weight is 743 g/mol. The van der Waals surface area contributed by atoms with E-state index in [0.717, 1.165) is 0 Å². The molecule has 0 fully saturated rings. The van der Waals surface area contributed by atoms with Crippen LogP contribution in [0, 0.1) is 0 Å². The molecular formula is C58H46. The van der Waals surface area contributed by atoms with E-state index in [9.17, 15) is 0 Å². The van der Waals surface area contributed by atoms with Gasteiger partial charge in [0.1, 0.15) is 0 Å². The van der Waals surface area contributed by atoms with Crippen LogP contribution in [0.2, 0.25) is 0 Å². The molecule has 0 heterocycles. The fourth-order valence-corrected chi connectivity index (χ4v) is 9.70. The maximum atomic E-state index is 2.44. The predicted octanol–water partition coefficient (Wildman–Crippen LogP) is 16.8. The molecule has 58 heavy (non-hydrogen) atoms. The van der Waals surface area contributed by atoms with Crippen molar-refractivity contribution >= 4 is 32.3 Å². The van der Waals surface area contributed by atoms with Crippen LogP contribution < -0.4 is 0 Å². The zero-order chi connectivity index (χ0) is 39.3. The van der Waals surface area contributed by atoms with Crippen LogP contribution in [0.5, 0.6) is 0 Å². The third-order valence-electron chi connectivity index (χ3n) is 12.2. The molecular weight excluding hydrogens is 697 g/mol. The van der Waals surface area contributed by atoms with Gasteiger partial charge in [-0.2, -0.15) is 0 Å². The van der Waals surface area contributed by atoms with E-state index in [1.54, 1.807) is 0 Å². The second kappa shape index (κ2) is 14.6. The summed E-state index contributed by atoms with van der Waals surface area (Å²) in [5.41, 5.74) is 18.0. The quantitative estimate of drug-likeness (QED) is 0.136. The number of hydrogen-bond acceptors (Lipinski definition) is 0. The molecule has 0 unspecified atom stereocenters. The summed E-state index contributed by atoms with van der Waals surface area (Å²) in [7, 11) is 0. The Morgan fingerprint density at radius 3 is 0.776 bits per heavy atom. The lowest BCUT2D eigenvalue weighted by atomic mass is 9.75. The van der Waals surface area contributed by atoms with Gasteiger partial charge in [-0.05, 0) is 122 Å². The van der Waals surface area contributed by atoms with Gasteiger partial charge in [-0.3, -0.25) is 0 Å². The Bertz CT molecular complexity index is 2820. The van der Waals surface area contributed by atoms with Crippen molar-refractivity contribution in [2.45, 2.75) is 39.5 Å². The van der Waals surface area contributed by atoms with Crippen LogP contribution in [0.3, 0.4) is 0 Å². The van der Waals surface area contributed by atoms with Crippen LogP contribution in [-0.4, -0.2) is 0 Å². The van der Waals surface area contributed by atoms with E-state index in [0.29, 0.717) is 0 Å². The van der Waals surface area contributed by atoms with E-state index in [-0.39, 0.29) is 11.8 Å². The minimum Gasteiger partial charge on any atom is -0.0622 e. The fraction of sp³-hybridized carbons (Fsp3) is 0.103. The molecule has 0 heteroatoms. The van der Waals surface area contributed by atoms with Gasteiger partial charge in [0.05, 0.1) is 0 Å². The van der Waals surface area contributed by atoms with Crippen molar-refractivity contribution in [1.29, 1.82) is 0 Å². The number of rotatable bonds is 8. The van der Waals surface area contributed by atoms with Crippen molar-refractivity contribution in [3.05, 3.63) is 205 Å². The summed E-state index contributed by atoms with van der Waals surface area (Å²) in [6.07, 6.45) is 0. The monoisotopic (exact) mass is 742 g/mol. The molecule has 10 aromatic carbocycles. The van der Waals surface area contributed by atoms with Gasteiger partial charge in [-0.25, -0.2) is 0 Å². The van der Waals surface area contributed by atoms with Crippen LogP contribution in [0.15, 0.2) is 194 Å². The summed E-state index contributed by atoms with van der Waals surface area (Å²) in [5.74, 6) is 0.570. The second-order valence-corrected chi connectivity index (χ2v) is 16.3. The smallest absolute Gasteiger partial charge is 0.00169 e. The van der Waals surface area contributed by atoms with Gasteiger partial charge in [-0.15, -0.1) is 0 Å². The van der Waals surface area contributed by atoms with E-state index in [1.165, 1.54) is 110 Å². The molecule has 0 nitrogen and oxygen atoms in total. The van der Waals surface area contributed by atoms with E-state index in [1.807, 2.05) is 0 Å². The second-order valence-electron chi connectivity index (χ2n) is 16.3. The first-order valence-electron chi connectivity index (χ1n) is 20.7. The Morgan fingerprint density at radius 2 is 0.466 bits per heavy atom. The van der Waals surface area contributed by atoms with Gasteiger partial charge in [0.2, 0.25) is 0 Å². The van der Waals surface area contributed by atoms with E-state index in [2.05, 4.69) is 222 Å². The van der Waals surface area contributed by atoms with E-state index in [4.69, 9.17) is 0 Å². The average Bonchev–Trinajstić information content (AvgIpc) is 3.28. The molecule has 0 amide bonds. The first-order chi connectivity index (χ1) is 28.5. The van der Waals surface area contributed by atoms with Gasteiger partial charge in [0, 0.05) is 0 Å². The third kappa shape index (κ3) is 5.91. The maximum Gasteiger partial charge on any atom is -0.00169 e. The van der Waals surface area contributed by atoms with Crippen LogP contribution >= 0.6 is 0 Å². The molecule has 10 aromatic rings. The molecule has 0 N–H and O–H groups in total. The highest BCUT2D eigenvalue weighted by molar-refractivity contribution is 6.32. The molecule has 0 aliphatic heterocycles. The minimum absolute atomic E-state index is 0.285. The highest BCUT2D eigenvalue weighted by Gasteiger charge is 2.28. The van der Waals surface area contributed by atoms with Gasteiger partial charge in [0.25, 0.3) is 0 Å². The zero-order valence-electron chi connectivity index (χ0n) is 33.6. The molecule has 0 saturated heterocycles. The molecule has 10 rings (SSSR count). The molecule has 0 aliphatic rings. The first kappa shape index (κ1) is 35.6. The normalized spacial score (nSPS) is 11.8. The number of hydrogen-bond donors (Lipinski definition) is 0. The Balaban J connectivity index is 1.32. The van der Waals surface area contributed by atoms with Crippen LogP contribution in [0.4, 0.5) is 0 Å². The summed E-state index contributed by atoms with van der Waals surface area (Å²) in [6.45, 7) is 9.48. The SMILES string of the molecule is CC(C)c1c(-c2ccc(-c3ccccc3)cc2)c(-c2ccccc2)c2ccc3c(C(C)C)c(-c4ccc(-c5ccccc5)cc4)c(-c4ccccc4)c4ccc1c2c43. The Hall–Kier alpha value is -6.76. The molecule has 0 saturated carbocycles. The highest BCUT2D eigenvalue weighted by Crippen LogP contribution is 2.54. The number of benzene rings is 10.